The van der Waals surface area contributed by atoms with Gasteiger partial charge in [0.15, 0.2) is 6.10 Å². The summed E-state index contributed by atoms with van der Waals surface area (Å²) in [5, 5.41) is 0. The van der Waals surface area contributed by atoms with Gasteiger partial charge in [0.05, 0.1) is 12.5 Å². The minimum atomic E-state index is -0.457. The van der Waals surface area contributed by atoms with Crippen LogP contribution in [0.2, 0.25) is 0 Å². The molecule has 0 radical (unpaired) electrons. The number of rotatable bonds is 13. The lowest BCUT2D eigenvalue weighted by Gasteiger charge is -2.27. The zero-order valence-electron chi connectivity index (χ0n) is 19.8. The molecule has 0 N–H and O–H groups in total. The van der Waals surface area contributed by atoms with Crippen LogP contribution >= 0.6 is 24.2 Å². The fourth-order valence-electron chi connectivity index (χ4n) is 3.25. The Balaban J connectivity index is 2.07. The smallest absolute Gasteiger partial charge is 0.303 e. The Morgan fingerprint density at radius 1 is 0.970 bits per heavy atom. The number of esters is 1. The number of hydrogen-bond acceptors (Lipinski definition) is 7. The molecule has 2 unspecified atom stereocenters. The van der Waals surface area contributed by atoms with Crippen LogP contribution in [-0.4, -0.2) is 58.1 Å². The van der Waals surface area contributed by atoms with Gasteiger partial charge in [0.1, 0.15) is 30.8 Å². The van der Waals surface area contributed by atoms with E-state index < -0.39 is 6.10 Å². The lowest BCUT2D eigenvalue weighted by molar-refractivity contribution is -0.150. The van der Waals surface area contributed by atoms with Crippen LogP contribution in [0.25, 0.3) is 0 Å². The molecule has 8 heteroatoms. The molecule has 0 fully saturated rings. The third kappa shape index (κ3) is 8.10. The normalized spacial score (nSPS) is 13.3. The van der Waals surface area contributed by atoms with Gasteiger partial charge in [0.25, 0.3) is 0 Å². The SMILES string of the molecule is COCC(COc1ccc(C(C)(C)c2ccc(OCC(CCl)OC)c(S)c2)cc1)OC(C)=O. The van der Waals surface area contributed by atoms with E-state index in [-0.39, 0.29) is 30.7 Å². The highest BCUT2D eigenvalue weighted by Gasteiger charge is 2.24. The molecule has 0 aliphatic heterocycles. The van der Waals surface area contributed by atoms with Gasteiger partial charge in [-0.15, -0.1) is 24.2 Å². The Bertz CT molecular complexity index is 883. The quantitative estimate of drug-likeness (QED) is 0.242. The molecule has 0 saturated heterocycles. The van der Waals surface area contributed by atoms with Gasteiger partial charge >= 0.3 is 5.97 Å². The molecule has 6 nitrogen and oxygen atoms in total. The first-order chi connectivity index (χ1) is 15.7. The van der Waals surface area contributed by atoms with Crippen molar-refractivity contribution in [2.75, 3.05) is 39.9 Å². The molecule has 0 aliphatic carbocycles. The number of thiol groups is 1. The molecular formula is C25H33ClO6S. The number of carbonyl (C=O) groups excluding carboxylic acids is 1. The Labute approximate surface area is 206 Å². The zero-order chi connectivity index (χ0) is 24.4. The molecule has 2 atom stereocenters. The summed E-state index contributed by atoms with van der Waals surface area (Å²) >= 11 is 10.5. The molecule has 33 heavy (non-hydrogen) atoms. The molecule has 2 rings (SSSR count). The molecule has 0 heterocycles. The van der Waals surface area contributed by atoms with E-state index in [0.717, 1.165) is 16.0 Å². The van der Waals surface area contributed by atoms with E-state index >= 15 is 0 Å². The van der Waals surface area contributed by atoms with Crippen molar-refractivity contribution in [2.24, 2.45) is 0 Å². The number of hydrogen-bond donors (Lipinski definition) is 1. The van der Waals surface area contributed by atoms with Crippen molar-refractivity contribution in [2.45, 2.75) is 43.3 Å². The summed E-state index contributed by atoms with van der Waals surface area (Å²) in [7, 11) is 3.16. The van der Waals surface area contributed by atoms with E-state index in [1.54, 1.807) is 14.2 Å². The minimum absolute atomic E-state index is 0.171. The molecule has 0 bridgehead atoms. The average molecular weight is 497 g/mol. The summed E-state index contributed by atoms with van der Waals surface area (Å²) in [6, 6.07) is 13.8. The van der Waals surface area contributed by atoms with E-state index in [2.05, 4.69) is 26.5 Å². The lowest BCUT2D eigenvalue weighted by atomic mass is 9.78. The van der Waals surface area contributed by atoms with Gasteiger partial charge < -0.3 is 23.7 Å². The third-order valence-corrected chi connectivity index (χ3v) is 6.00. The van der Waals surface area contributed by atoms with Gasteiger partial charge in [-0.25, -0.2) is 0 Å². The van der Waals surface area contributed by atoms with Crippen LogP contribution in [0.1, 0.15) is 31.9 Å². The monoisotopic (exact) mass is 496 g/mol. The predicted octanol–water partition coefficient (Wildman–Crippen LogP) is 4.89. The molecular weight excluding hydrogens is 464 g/mol. The lowest BCUT2D eigenvalue weighted by Crippen LogP contribution is -2.28. The minimum Gasteiger partial charge on any atom is -0.490 e. The van der Waals surface area contributed by atoms with Crippen molar-refractivity contribution in [3.05, 3.63) is 53.6 Å². The van der Waals surface area contributed by atoms with Crippen LogP contribution in [0.4, 0.5) is 0 Å². The second kappa shape index (κ2) is 13.1. The Morgan fingerprint density at radius 2 is 1.61 bits per heavy atom. The molecule has 0 aromatic heterocycles. The maximum Gasteiger partial charge on any atom is 0.303 e. The number of ether oxygens (including phenoxy) is 5. The van der Waals surface area contributed by atoms with Crippen molar-refractivity contribution < 1.29 is 28.5 Å². The summed E-state index contributed by atoms with van der Waals surface area (Å²) < 4.78 is 27.1. The first-order valence-electron chi connectivity index (χ1n) is 10.7. The van der Waals surface area contributed by atoms with Crippen molar-refractivity contribution in [1.29, 1.82) is 0 Å². The maximum absolute atomic E-state index is 11.2. The van der Waals surface area contributed by atoms with Crippen LogP contribution in [0.3, 0.4) is 0 Å². The van der Waals surface area contributed by atoms with E-state index in [1.165, 1.54) is 6.92 Å². The highest BCUT2D eigenvalue weighted by molar-refractivity contribution is 7.80. The number of methoxy groups -OCH3 is 2. The Morgan fingerprint density at radius 3 is 2.15 bits per heavy atom. The second-order valence-corrected chi connectivity index (χ2v) is 8.94. The molecule has 0 amide bonds. The summed E-state index contributed by atoms with van der Waals surface area (Å²) in [6.07, 6.45) is -0.628. The van der Waals surface area contributed by atoms with Crippen molar-refractivity contribution in [3.8, 4) is 11.5 Å². The van der Waals surface area contributed by atoms with Gasteiger partial charge in [-0.3, -0.25) is 4.79 Å². The number of halogens is 1. The molecule has 182 valence electrons. The fourth-order valence-corrected chi connectivity index (χ4v) is 3.74. The number of alkyl halides is 1. The second-order valence-electron chi connectivity index (χ2n) is 8.15. The average Bonchev–Trinajstić information content (AvgIpc) is 2.79. The molecule has 2 aromatic carbocycles. The summed E-state index contributed by atoms with van der Waals surface area (Å²) in [6.45, 7) is 6.51. The van der Waals surface area contributed by atoms with Gasteiger partial charge in [-0.2, -0.15) is 0 Å². The van der Waals surface area contributed by atoms with Gasteiger partial charge in [0.2, 0.25) is 0 Å². The van der Waals surface area contributed by atoms with Crippen LogP contribution in [-0.2, 0) is 24.4 Å². The Hall–Kier alpha value is -1.93. The molecule has 0 aliphatic rings. The van der Waals surface area contributed by atoms with E-state index in [0.29, 0.717) is 24.0 Å². The Kier molecular flexibility index (Phi) is 10.8. The van der Waals surface area contributed by atoms with Gasteiger partial charge in [-0.1, -0.05) is 32.0 Å². The van der Waals surface area contributed by atoms with E-state index in [1.807, 2.05) is 42.5 Å². The summed E-state index contributed by atoms with van der Waals surface area (Å²) in [5.74, 6) is 1.37. The summed E-state index contributed by atoms with van der Waals surface area (Å²) in [5.41, 5.74) is 1.95. The highest BCUT2D eigenvalue weighted by atomic mass is 35.5. The highest BCUT2D eigenvalue weighted by Crippen LogP contribution is 2.36. The van der Waals surface area contributed by atoms with Crippen LogP contribution in [0.15, 0.2) is 47.4 Å². The largest absolute Gasteiger partial charge is 0.490 e. The van der Waals surface area contributed by atoms with E-state index in [9.17, 15) is 4.79 Å². The number of benzene rings is 2. The molecule has 0 spiro atoms. The first-order valence-corrected chi connectivity index (χ1v) is 11.6. The first kappa shape index (κ1) is 27.3. The predicted molar refractivity (Wildman–Crippen MR) is 132 cm³/mol. The van der Waals surface area contributed by atoms with Crippen LogP contribution < -0.4 is 9.47 Å². The van der Waals surface area contributed by atoms with Crippen molar-refractivity contribution >= 4 is 30.2 Å². The number of carbonyl (C=O) groups is 1. The van der Waals surface area contributed by atoms with Crippen LogP contribution in [0.5, 0.6) is 11.5 Å². The summed E-state index contributed by atoms with van der Waals surface area (Å²) in [4.78, 5) is 12.0. The van der Waals surface area contributed by atoms with Crippen molar-refractivity contribution in [1.82, 2.24) is 0 Å². The van der Waals surface area contributed by atoms with Gasteiger partial charge in [0, 0.05) is 31.5 Å². The topological polar surface area (TPSA) is 63.2 Å². The molecule has 2 aromatic rings. The van der Waals surface area contributed by atoms with Gasteiger partial charge in [-0.05, 0) is 35.4 Å². The van der Waals surface area contributed by atoms with Crippen LogP contribution in [0, 0.1) is 0 Å². The third-order valence-electron chi connectivity index (χ3n) is 5.31. The molecule has 0 saturated carbocycles. The van der Waals surface area contributed by atoms with Crippen molar-refractivity contribution in [3.63, 3.8) is 0 Å². The fraction of sp³-hybridized carbons (Fsp3) is 0.480. The van der Waals surface area contributed by atoms with E-state index in [4.69, 9.17) is 35.3 Å². The maximum atomic E-state index is 11.2. The zero-order valence-corrected chi connectivity index (χ0v) is 21.4. The standard InChI is InChI=1S/C25H33ClO6S/c1-17(27)32-22(14-28-4)16-30-20-9-6-18(7-10-20)25(2,3)19-8-11-23(24(33)12-19)31-15-21(13-26)29-5/h6-12,21-22,33H,13-16H2,1-5H3.